The Hall–Kier alpha value is -1.89. The van der Waals surface area contributed by atoms with Gasteiger partial charge in [-0.3, -0.25) is 0 Å². The maximum atomic E-state index is 5.76. The molecule has 0 aliphatic heterocycles. The van der Waals surface area contributed by atoms with Gasteiger partial charge in [-0.2, -0.15) is 0 Å². The molecule has 0 unspecified atom stereocenters. The molecule has 72 valence electrons. The summed E-state index contributed by atoms with van der Waals surface area (Å²) in [4.78, 5) is 0. The zero-order valence-corrected chi connectivity index (χ0v) is 8.93. The number of hydrogen-bond donors (Lipinski definition) is 0. The molecule has 1 aromatic rings. The highest BCUT2D eigenvalue weighted by Crippen LogP contribution is 2.15. The number of allylic oxidation sites excluding steroid dienone is 2. The van der Waals surface area contributed by atoms with E-state index in [1.165, 1.54) is 6.08 Å². The lowest BCUT2D eigenvalue weighted by Crippen LogP contribution is -1.77. The predicted molar refractivity (Wildman–Crippen MR) is 66.2 cm³/mol. The fraction of sp³-hybridized carbons (Fsp3) is 0. The predicted octanol–water partition coefficient (Wildman–Crippen LogP) is 3.55. The van der Waals surface area contributed by atoms with Crippen LogP contribution in [0.3, 0.4) is 0 Å². The summed E-state index contributed by atoms with van der Waals surface area (Å²) in [5.41, 5.74) is 1.68. The molecule has 0 saturated carbocycles. The van der Waals surface area contributed by atoms with Crippen LogP contribution in [0.4, 0.5) is 0 Å². The Morgan fingerprint density at radius 1 is 1.20 bits per heavy atom. The van der Waals surface area contributed by atoms with Crippen LogP contribution in [-0.4, -0.2) is 0 Å². The van der Waals surface area contributed by atoms with Gasteiger partial charge in [0.2, 0.25) is 0 Å². The molecule has 1 rings (SSSR count). The van der Waals surface area contributed by atoms with E-state index in [1.807, 2.05) is 12.1 Å². The van der Waals surface area contributed by atoms with E-state index in [1.54, 1.807) is 12.1 Å². The molecule has 0 amide bonds. The molecule has 0 radical (unpaired) electrons. The van der Waals surface area contributed by atoms with E-state index in [0.29, 0.717) is 5.02 Å². The molecule has 0 saturated heterocycles. The number of benzene rings is 1. The SMILES string of the molecule is C=CC#CC#CC(=C)c1ccc(Cl)cc1. The fourth-order valence-corrected chi connectivity index (χ4v) is 1.04. The van der Waals surface area contributed by atoms with Gasteiger partial charge < -0.3 is 0 Å². The van der Waals surface area contributed by atoms with Gasteiger partial charge in [-0.15, -0.1) is 0 Å². The largest absolute Gasteiger partial charge is 0.0906 e. The first-order valence-corrected chi connectivity index (χ1v) is 4.69. The highest BCUT2D eigenvalue weighted by molar-refractivity contribution is 6.30. The molecule has 0 fully saturated rings. The molecule has 1 aromatic carbocycles. The first-order chi connectivity index (χ1) is 7.24. The second kappa shape index (κ2) is 5.76. The van der Waals surface area contributed by atoms with Crippen molar-refractivity contribution >= 4 is 17.2 Å². The van der Waals surface area contributed by atoms with Crippen LogP contribution in [0.25, 0.3) is 5.57 Å². The Morgan fingerprint density at radius 2 is 1.87 bits per heavy atom. The average Bonchev–Trinajstić information content (AvgIpc) is 2.25. The van der Waals surface area contributed by atoms with Crippen LogP contribution in [-0.2, 0) is 0 Å². The Labute approximate surface area is 95.3 Å². The third-order valence-corrected chi connectivity index (χ3v) is 1.89. The van der Waals surface area contributed by atoms with Crippen LogP contribution < -0.4 is 0 Å². The quantitative estimate of drug-likeness (QED) is 0.625. The van der Waals surface area contributed by atoms with Crippen LogP contribution in [0.15, 0.2) is 43.5 Å². The summed E-state index contributed by atoms with van der Waals surface area (Å²) in [6.07, 6.45) is 1.50. The molecule has 0 aliphatic carbocycles. The topological polar surface area (TPSA) is 0 Å². The standard InChI is InChI=1S/C14H9Cl/c1-3-4-5-6-7-12(2)13-8-10-14(15)11-9-13/h3,8-11H,1-2H2. The van der Waals surface area contributed by atoms with E-state index in [2.05, 4.69) is 36.8 Å². The Kier molecular flexibility index (Phi) is 4.30. The summed E-state index contributed by atoms with van der Waals surface area (Å²) in [5, 5.41) is 0.700. The van der Waals surface area contributed by atoms with Crippen LogP contribution in [0.2, 0.25) is 5.02 Å². The normalized spacial score (nSPS) is 7.80. The smallest absolute Gasteiger partial charge is 0.0406 e. The van der Waals surface area contributed by atoms with Gasteiger partial charge in [0.05, 0.1) is 0 Å². The van der Waals surface area contributed by atoms with Crippen molar-refractivity contribution in [2.75, 3.05) is 0 Å². The van der Waals surface area contributed by atoms with Crippen molar-refractivity contribution < 1.29 is 0 Å². The summed E-state index contributed by atoms with van der Waals surface area (Å²) in [5.74, 6) is 10.8. The summed E-state index contributed by atoms with van der Waals surface area (Å²) in [6, 6.07) is 7.36. The Bertz CT molecular complexity index is 484. The van der Waals surface area contributed by atoms with Crippen molar-refractivity contribution in [3.05, 3.63) is 54.1 Å². The third-order valence-electron chi connectivity index (χ3n) is 1.64. The monoisotopic (exact) mass is 212 g/mol. The molecule has 0 N–H and O–H groups in total. The molecule has 0 spiro atoms. The second-order valence-electron chi connectivity index (χ2n) is 2.71. The molecule has 0 bridgehead atoms. The van der Waals surface area contributed by atoms with Crippen molar-refractivity contribution in [1.29, 1.82) is 0 Å². The molecule has 0 nitrogen and oxygen atoms in total. The van der Waals surface area contributed by atoms with Gasteiger partial charge >= 0.3 is 0 Å². The molecule has 15 heavy (non-hydrogen) atoms. The molecule has 0 aliphatic rings. The van der Waals surface area contributed by atoms with E-state index < -0.39 is 0 Å². The van der Waals surface area contributed by atoms with Crippen molar-refractivity contribution in [1.82, 2.24) is 0 Å². The zero-order chi connectivity index (χ0) is 11.1. The summed E-state index contributed by atoms with van der Waals surface area (Å²) < 4.78 is 0. The van der Waals surface area contributed by atoms with Crippen LogP contribution in [0, 0.1) is 23.7 Å². The van der Waals surface area contributed by atoms with E-state index in [0.717, 1.165) is 11.1 Å². The molecular weight excluding hydrogens is 204 g/mol. The van der Waals surface area contributed by atoms with E-state index in [9.17, 15) is 0 Å². The van der Waals surface area contributed by atoms with Gasteiger partial charge in [0, 0.05) is 10.6 Å². The first-order valence-electron chi connectivity index (χ1n) is 4.31. The van der Waals surface area contributed by atoms with Gasteiger partial charge in [-0.1, -0.05) is 48.7 Å². The molecule has 0 heterocycles. The summed E-state index contributed by atoms with van der Waals surface area (Å²) in [6.45, 7) is 7.31. The van der Waals surface area contributed by atoms with E-state index >= 15 is 0 Å². The fourth-order valence-electron chi connectivity index (χ4n) is 0.917. The lowest BCUT2D eigenvalue weighted by atomic mass is 10.1. The highest BCUT2D eigenvalue weighted by atomic mass is 35.5. The van der Waals surface area contributed by atoms with Gasteiger partial charge in [0.1, 0.15) is 0 Å². The van der Waals surface area contributed by atoms with Crippen LogP contribution in [0.5, 0.6) is 0 Å². The van der Waals surface area contributed by atoms with Crippen molar-refractivity contribution in [3.8, 4) is 23.7 Å². The average molecular weight is 213 g/mol. The Balaban J connectivity index is 2.80. The molecule has 1 heteroatoms. The van der Waals surface area contributed by atoms with E-state index in [-0.39, 0.29) is 0 Å². The first kappa shape index (κ1) is 11.2. The minimum absolute atomic E-state index is 0.700. The number of halogens is 1. The minimum atomic E-state index is 0.700. The second-order valence-corrected chi connectivity index (χ2v) is 3.15. The molecular formula is C14H9Cl. The molecule has 0 atom stereocenters. The van der Waals surface area contributed by atoms with Gasteiger partial charge in [0.15, 0.2) is 0 Å². The maximum absolute atomic E-state index is 5.76. The van der Waals surface area contributed by atoms with E-state index in [4.69, 9.17) is 11.6 Å². The number of rotatable bonds is 1. The lowest BCUT2D eigenvalue weighted by molar-refractivity contribution is 1.64. The van der Waals surface area contributed by atoms with Gasteiger partial charge in [-0.25, -0.2) is 0 Å². The third kappa shape index (κ3) is 3.77. The Morgan fingerprint density at radius 3 is 2.47 bits per heavy atom. The van der Waals surface area contributed by atoms with Crippen molar-refractivity contribution in [2.45, 2.75) is 0 Å². The van der Waals surface area contributed by atoms with Crippen LogP contribution in [0.1, 0.15) is 5.56 Å². The summed E-state index contributed by atoms with van der Waals surface area (Å²) in [7, 11) is 0. The number of hydrogen-bond acceptors (Lipinski definition) is 0. The lowest BCUT2D eigenvalue weighted by Gasteiger charge is -1.96. The summed E-state index contributed by atoms with van der Waals surface area (Å²) >= 11 is 5.76. The molecule has 0 aromatic heterocycles. The maximum Gasteiger partial charge on any atom is 0.0406 e. The van der Waals surface area contributed by atoms with Crippen molar-refractivity contribution in [3.63, 3.8) is 0 Å². The van der Waals surface area contributed by atoms with Crippen molar-refractivity contribution in [2.24, 2.45) is 0 Å². The van der Waals surface area contributed by atoms with Crippen LogP contribution >= 0.6 is 11.6 Å². The van der Waals surface area contributed by atoms with Gasteiger partial charge in [-0.05, 0) is 35.6 Å². The minimum Gasteiger partial charge on any atom is -0.0906 e. The highest BCUT2D eigenvalue weighted by Gasteiger charge is 1.93. The van der Waals surface area contributed by atoms with Gasteiger partial charge in [0.25, 0.3) is 0 Å². The zero-order valence-electron chi connectivity index (χ0n) is 8.18.